The first-order valence-electron chi connectivity index (χ1n) is 13.1. The lowest BCUT2D eigenvalue weighted by atomic mass is 10.0. The average molecular weight is 516 g/mol. The minimum atomic E-state index is -3.61. The number of aliphatic hydroxyl groups is 1. The maximum atomic E-state index is 13.4. The molecule has 0 radical (unpaired) electrons. The van der Waals surface area contributed by atoms with E-state index >= 15 is 0 Å². The number of aryl methyl sites for hydroxylation is 1. The largest absolute Gasteiger partial charge is 0.497 e. The van der Waals surface area contributed by atoms with E-state index in [4.69, 9.17) is 14.6 Å². The Kier molecular flexibility index (Phi) is 11.1. The van der Waals surface area contributed by atoms with Crippen LogP contribution in [0.4, 0.5) is 0 Å². The normalized spacial score (nSPS) is 11.8. The molecule has 0 fully saturated rings. The Morgan fingerprint density at radius 1 is 0.750 bits per heavy atom. The summed E-state index contributed by atoms with van der Waals surface area (Å²) in [5, 5.41) is 9.80. The number of fused-ring (bicyclic) bond motifs is 1. The molecule has 0 aliphatic carbocycles. The molecule has 0 saturated carbocycles. The number of ether oxygens (including phenoxy) is 2. The number of hydrogen-bond donors (Lipinski definition) is 1. The van der Waals surface area contributed by atoms with Gasteiger partial charge in [-0.3, -0.25) is 0 Å². The highest BCUT2D eigenvalue weighted by Gasteiger charge is 2.20. The Hall–Kier alpha value is -2.51. The minimum absolute atomic E-state index is 0.0859. The van der Waals surface area contributed by atoms with Gasteiger partial charge in [-0.1, -0.05) is 63.5 Å². The smallest absolute Gasteiger partial charge is 0.243 e. The van der Waals surface area contributed by atoms with Crippen molar-refractivity contribution in [3.8, 4) is 11.5 Å². The van der Waals surface area contributed by atoms with E-state index in [-0.39, 0.29) is 5.75 Å². The van der Waals surface area contributed by atoms with Crippen LogP contribution in [0, 0.1) is 0 Å². The number of unbranched alkanes of at least 4 members (excludes halogenated alkanes) is 9. The molecule has 0 bridgehead atoms. The van der Waals surface area contributed by atoms with Crippen molar-refractivity contribution in [2.24, 2.45) is 0 Å². The van der Waals surface area contributed by atoms with E-state index in [2.05, 4.69) is 0 Å². The van der Waals surface area contributed by atoms with Gasteiger partial charge in [0, 0.05) is 24.3 Å². The van der Waals surface area contributed by atoms with Gasteiger partial charge in [0.2, 0.25) is 10.0 Å². The van der Waals surface area contributed by atoms with E-state index in [1.54, 1.807) is 44.7 Å². The highest BCUT2D eigenvalue weighted by atomic mass is 32.2. The molecule has 198 valence electrons. The lowest BCUT2D eigenvalue weighted by Gasteiger charge is -2.09. The van der Waals surface area contributed by atoms with Gasteiger partial charge in [0.15, 0.2) is 0 Å². The standard InChI is InChI=1S/C29H41NO5S/c1-34-26-16-14-24(15-17-26)23-36(32,33)30-22-25(28-19-18-27(35-2)21-29(28)30)13-11-9-7-5-3-4-6-8-10-12-20-31/h14-19,21-22,31H,3-13,20,23H2,1-2H3. The Labute approximate surface area is 216 Å². The van der Waals surface area contributed by atoms with Gasteiger partial charge >= 0.3 is 0 Å². The quantitative estimate of drug-likeness (QED) is 0.208. The fraction of sp³-hybridized carbons (Fsp3) is 0.517. The summed E-state index contributed by atoms with van der Waals surface area (Å²) in [6.07, 6.45) is 14.4. The average Bonchev–Trinajstić information content (AvgIpc) is 3.26. The first kappa shape index (κ1) is 28.1. The summed E-state index contributed by atoms with van der Waals surface area (Å²) in [5.74, 6) is 1.26. The molecular weight excluding hydrogens is 474 g/mol. The molecule has 0 aliphatic rings. The molecule has 3 rings (SSSR count). The van der Waals surface area contributed by atoms with Crippen molar-refractivity contribution in [2.75, 3.05) is 20.8 Å². The van der Waals surface area contributed by atoms with E-state index in [0.717, 1.165) is 48.6 Å². The van der Waals surface area contributed by atoms with Gasteiger partial charge in [-0.25, -0.2) is 12.4 Å². The Balaban J connectivity index is 1.61. The number of nitrogens with zero attached hydrogens (tertiary/aromatic N) is 1. The maximum Gasteiger partial charge on any atom is 0.243 e. The van der Waals surface area contributed by atoms with Gasteiger partial charge in [0.05, 0.1) is 25.5 Å². The first-order valence-corrected chi connectivity index (χ1v) is 14.7. The van der Waals surface area contributed by atoms with Crippen molar-refractivity contribution in [3.05, 3.63) is 59.8 Å². The summed E-state index contributed by atoms with van der Waals surface area (Å²) in [6, 6.07) is 12.8. The second kappa shape index (κ2) is 14.3. The van der Waals surface area contributed by atoms with E-state index < -0.39 is 10.0 Å². The molecule has 0 amide bonds. The van der Waals surface area contributed by atoms with E-state index in [9.17, 15) is 8.42 Å². The lowest BCUT2D eigenvalue weighted by molar-refractivity contribution is 0.282. The Morgan fingerprint density at radius 2 is 1.31 bits per heavy atom. The third-order valence-electron chi connectivity index (χ3n) is 6.72. The Bertz CT molecular complexity index is 1170. The van der Waals surface area contributed by atoms with Crippen LogP contribution in [0.2, 0.25) is 0 Å². The SMILES string of the molecule is COc1ccc(CS(=O)(=O)n2cc(CCCCCCCCCCCCO)c3ccc(OC)cc32)cc1. The molecule has 0 saturated heterocycles. The third kappa shape index (κ3) is 8.00. The number of aromatic nitrogens is 1. The van der Waals surface area contributed by atoms with Crippen LogP contribution in [0.15, 0.2) is 48.7 Å². The molecule has 36 heavy (non-hydrogen) atoms. The fourth-order valence-electron chi connectivity index (χ4n) is 4.65. The zero-order chi connectivity index (χ0) is 25.8. The molecule has 0 atom stereocenters. The van der Waals surface area contributed by atoms with E-state index in [1.807, 2.05) is 18.2 Å². The molecule has 3 aromatic rings. The summed E-state index contributed by atoms with van der Waals surface area (Å²) in [7, 11) is -0.425. The molecule has 0 spiro atoms. The van der Waals surface area contributed by atoms with Crippen molar-refractivity contribution < 1.29 is 23.0 Å². The summed E-state index contributed by atoms with van der Waals surface area (Å²) in [5.41, 5.74) is 2.45. The number of benzene rings is 2. The van der Waals surface area contributed by atoms with Gasteiger partial charge < -0.3 is 14.6 Å². The summed E-state index contributed by atoms with van der Waals surface area (Å²) in [6.45, 7) is 0.306. The first-order chi connectivity index (χ1) is 17.5. The van der Waals surface area contributed by atoms with Crippen molar-refractivity contribution in [1.29, 1.82) is 0 Å². The van der Waals surface area contributed by atoms with Crippen LogP contribution in [0.3, 0.4) is 0 Å². The van der Waals surface area contributed by atoms with Crippen LogP contribution in [-0.2, 0) is 22.2 Å². The second-order valence-electron chi connectivity index (χ2n) is 9.45. The lowest BCUT2D eigenvalue weighted by Crippen LogP contribution is -2.14. The topological polar surface area (TPSA) is 77.8 Å². The number of aliphatic hydroxyl groups excluding tert-OH is 1. The van der Waals surface area contributed by atoms with Crippen LogP contribution < -0.4 is 9.47 Å². The molecule has 7 heteroatoms. The van der Waals surface area contributed by atoms with Gasteiger partial charge in [-0.2, -0.15) is 0 Å². The molecular formula is C29H41NO5S. The third-order valence-corrected chi connectivity index (χ3v) is 8.32. The number of hydrogen-bond acceptors (Lipinski definition) is 5. The van der Waals surface area contributed by atoms with E-state index in [0.29, 0.717) is 23.6 Å². The Morgan fingerprint density at radius 3 is 1.89 bits per heavy atom. The predicted octanol–water partition coefficient (Wildman–Crippen LogP) is 6.47. The fourth-order valence-corrected chi connectivity index (χ4v) is 6.14. The van der Waals surface area contributed by atoms with Crippen molar-refractivity contribution in [3.63, 3.8) is 0 Å². The van der Waals surface area contributed by atoms with Crippen molar-refractivity contribution in [1.82, 2.24) is 3.97 Å². The minimum Gasteiger partial charge on any atom is -0.497 e. The molecule has 1 heterocycles. The van der Waals surface area contributed by atoms with Gasteiger partial charge in [-0.15, -0.1) is 0 Å². The molecule has 0 unspecified atom stereocenters. The van der Waals surface area contributed by atoms with Crippen LogP contribution in [0.5, 0.6) is 11.5 Å². The number of methoxy groups -OCH3 is 2. The summed E-state index contributed by atoms with van der Waals surface area (Å²) in [4.78, 5) is 0. The summed E-state index contributed by atoms with van der Waals surface area (Å²) < 4.78 is 38.8. The van der Waals surface area contributed by atoms with Crippen LogP contribution in [0.1, 0.15) is 75.3 Å². The van der Waals surface area contributed by atoms with Gasteiger partial charge in [0.25, 0.3) is 0 Å². The van der Waals surface area contributed by atoms with Crippen LogP contribution in [0.25, 0.3) is 10.9 Å². The van der Waals surface area contributed by atoms with Crippen molar-refractivity contribution in [2.45, 2.75) is 76.4 Å². The zero-order valence-corrected chi connectivity index (χ0v) is 22.6. The summed E-state index contributed by atoms with van der Waals surface area (Å²) >= 11 is 0. The van der Waals surface area contributed by atoms with Crippen molar-refractivity contribution >= 4 is 20.9 Å². The molecule has 1 N–H and O–H groups in total. The highest BCUT2D eigenvalue weighted by Crippen LogP contribution is 2.29. The van der Waals surface area contributed by atoms with E-state index in [1.165, 1.54) is 42.5 Å². The van der Waals surface area contributed by atoms with Gasteiger partial charge in [-0.05, 0) is 54.7 Å². The highest BCUT2D eigenvalue weighted by molar-refractivity contribution is 7.89. The molecule has 6 nitrogen and oxygen atoms in total. The monoisotopic (exact) mass is 515 g/mol. The van der Waals surface area contributed by atoms with Gasteiger partial charge in [0.1, 0.15) is 11.5 Å². The number of rotatable bonds is 17. The van der Waals surface area contributed by atoms with Crippen LogP contribution >= 0.6 is 0 Å². The predicted molar refractivity (Wildman–Crippen MR) is 146 cm³/mol. The maximum absolute atomic E-state index is 13.4. The molecule has 0 aliphatic heterocycles. The molecule has 2 aromatic carbocycles. The second-order valence-corrected chi connectivity index (χ2v) is 11.3. The zero-order valence-electron chi connectivity index (χ0n) is 21.7. The molecule has 1 aromatic heterocycles. The van der Waals surface area contributed by atoms with Crippen LogP contribution in [-0.4, -0.2) is 38.3 Å².